The number of Topliss-reactive ketones (excluding diaryl/α,β-unsaturated/α-hetero) is 1. The molecule has 2 rings (SSSR count). The Bertz CT molecular complexity index is 771. The van der Waals surface area contributed by atoms with Crippen molar-refractivity contribution in [1.29, 1.82) is 0 Å². The smallest absolute Gasteiger partial charge is 0.244 e. The quantitative estimate of drug-likeness (QED) is 0.724. The first-order valence-electron chi connectivity index (χ1n) is 8.61. The fraction of sp³-hybridized carbons (Fsp3) is 0.556. The first kappa shape index (κ1) is 19.6. The van der Waals surface area contributed by atoms with Crippen LogP contribution in [0, 0.1) is 0 Å². The van der Waals surface area contributed by atoms with Gasteiger partial charge in [0.25, 0.3) is 0 Å². The third-order valence-electron chi connectivity index (χ3n) is 4.57. The molecule has 25 heavy (non-hydrogen) atoms. The molecule has 0 aromatic heterocycles. The van der Waals surface area contributed by atoms with Gasteiger partial charge in [0.2, 0.25) is 15.9 Å². The SMILES string of the molecule is CCCN1CCN(S(=O)(=O)c2cccc(C(=O)CC)c2)C(C)(C)C1=O. The summed E-state index contributed by atoms with van der Waals surface area (Å²) >= 11 is 0. The van der Waals surface area contributed by atoms with Crippen molar-refractivity contribution in [3.8, 4) is 0 Å². The van der Waals surface area contributed by atoms with Crippen LogP contribution in [0.2, 0.25) is 0 Å². The predicted octanol–water partition coefficient (Wildman–Crippen LogP) is 2.30. The second kappa shape index (κ2) is 7.25. The lowest BCUT2D eigenvalue weighted by Crippen LogP contribution is -2.64. The molecule has 6 nitrogen and oxygen atoms in total. The van der Waals surface area contributed by atoms with Gasteiger partial charge in [-0.25, -0.2) is 8.42 Å². The van der Waals surface area contributed by atoms with Gasteiger partial charge in [-0.05, 0) is 32.4 Å². The summed E-state index contributed by atoms with van der Waals surface area (Å²) in [5, 5.41) is 0. The van der Waals surface area contributed by atoms with Gasteiger partial charge in [-0.1, -0.05) is 26.0 Å². The van der Waals surface area contributed by atoms with E-state index < -0.39 is 15.6 Å². The van der Waals surface area contributed by atoms with Crippen LogP contribution in [0.3, 0.4) is 0 Å². The van der Waals surface area contributed by atoms with Gasteiger partial charge in [-0.3, -0.25) is 9.59 Å². The molecule has 0 spiro atoms. The number of carbonyl (C=O) groups excluding carboxylic acids is 2. The summed E-state index contributed by atoms with van der Waals surface area (Å²) in [6, 6.07) is 6.05. The van der Waals surface area contributed by atoms with E-state index in [2.05, 4.69) is 0 Å². The van der Waals surface area contributed by atoms with Crippen LogP contribution in [0.15, 0.2) is 29.2 Å². The van der Waals surface area contributed by atoms with E-state index in [0.717, 1.165) is 6.42 Å². The second-order valence-electron chi connectivity index (χ2n) is 6.73. The van der Waals surface area contributed by atoms with Gasteiger partial charge in [0.1, 0.15) is 5.54 Å². The number of hydrogen-bond donors (Lipinski definition) is 0. The molecular weight excluding hydrogens is 340 g/mol. The van der Waals surface area contributed by atoms with Crippen LogP contribution in [0.4, 0.5) is 0 Å². The van der Waals surface area contributed by atoms with Crippen LogP contribution >= 0.6 is 0 Å². The molecule has 7 heteroatoms. The normalized spacial score (nSPS) is 18.4. The van der Waals surface area contributed by atoms with E-state index >= 15 is 0 Å². The molecular formula is C18H26N2O4S. The molecule has 0 aliphatic carbocycles. The maximum atomic E-state index is 13.1. The van der Waals surface area contributed by atoms with Crippen molar-refractivity contribution in [3.63, 3.8) is 0 Å². The second-order valence-corrected chi connectivity index (χ2v) is 8.60. The number of hydrogen-bond acceptors (Lipinski definition) is 4. The van der Waals surface area contributed by atoms with Crippen LogP contribution in [-0.2, 0) is 14.8 Å². The Morgan fingerprint density at radius 3 is 2.48 bits per heavy atom. The molecule has 1 aliphatic heterocycles. The molecule has 1 aromatic carbocycles. The maximum Gasteiger partial charge on any atom is 0.244 e. The minimum Gasteiger partial charge on any atom is -0.340 e. The third kappa shape index (κ3) is 3.62. The van der Waals surface area contributed by atoms with Crippen molar-refractivity contribution in [2.75, 3.05) is 19.6 Å². The van der Waals surface area contributed by atoms with Crippen LogP contribution in [0.1, 0.15) is 50.9 Å². The van der Waals surface area contributed by atoms with E-state index in [0.29, 0.717) is 25.1 Å². The monoisotopic (exact) mass is 366 g/mol. The van der Waals surface area contributed by atoms with Crippen molar-refractivity contribution in [2.45, 2.75) is 51.0 Å². The summed E-state index contributed by atoms with van der Waals surface area (Å²) in [7, 11) is -3.87. The lowest BCUT2D eigenvalue weighted by atomic mass is 10.0. The minimum atomic E-state index is -3.87. The lowest BCUT2D eigenvalue weighted by Gasteiger charge is -2.44. The van der Waals surface area contributed by atoms with E-state index in [1.807, 2.05) is 6.92 Å². The molecule has 1 fully saturated rings. The minimum absolute atomic E-state index is 0.0524. The van der Waals surface area contributed by atoms with Gasteiger partial charge >= 0.3 is 0 Å². The standard InChI is InChI=1S/C18H26N2O4S/c1-5-10-19-11-12-20(18(3,4)17(19)22)25(23,24)15-9-7-8-14(13-15)16(21)6-2/h7-9,13H,5-6,10-12H2,1-4H3. The lowest BCUT2D eigenvalue weighted by molar-refractivity contribution is -0.144. The average Bonchev–Trinajstić information content (AvgIpc) is 2.58. The van der Waals surface area contributed by atoms with Gasteiger partial charge in [0.15, 0.2) is 5.78 Å². The number of amides is 1. The fourth-order valence-electron chi connectivity index (χ4n) is 3.15. The highest BCUT2D eigenvalue weighted by molar-refractivity contribution is 7.89. The first-order chi connectivity index (χ1) is 11.7. The van der Waals surface area contributed by atoms with Crippen molar-refractivity contribution in [3.05, 3.63) is 29.8 Å². The Morgan fingerprint density at radius 1 is 1.20 bits per heavy atom. The van der Waals surface area contributed by atoms with Crippen molar-refractivity contribution >= 4 is 21.7 Å². The number of nitrogens with zero attached hydrogens (tertiary/aromatic N) is 2. The number of rotatable bonds is 6. The van der Waals surface area contributed by atoms with Gasteiger partial charge in [0.05, 0.1) is 4.90 Å². The van der Waals surface area contributed by atoms with Crippen molar-refractivity contribution in [2.24, 2.45) is 0 Å². The molecule has 1 aliphatic rings. The molecule has 0 N–H and O–H groups in total. The zero-order valence-corrected chi connectivity index (χ0v) is 16.1. The van der Waals surface area contributed by atoms with E-state index in [9.17, 15) is 18.0 Å². The molecule has 138 valence electrons. The Labute approximate surface area is 149 Å². The predicted molar refractivity (Wildman–Crippen MR) is 95.9 cm³/mol. The molecule has 0 atom stereocenters. The zero-order chi connectivity index (χ0) is 18.8. The fourth-order valence-corrected chi connectivity index (χ4v) is 4.93. The molecule has 0 bridgehead atoms. The Morgan fingerprint density at radius 2 is 1.88 bits per heavy atom. The maximum absolute atomic E-state index is 13.1. The van der Waals surface area contributed by atoms with Crippen LogP contribution in [0.25, 0.3) is 0 Å². The molecule has 0 radical (unpaired) electrons. The molecule has 1 amide bonds. The van der Waals surface area contributed by atoms with Gasteiger partial charge in [-0.15, -0.1) is 0 Å². The summed E-state index contributed by atoms with van der Waals surface area (Å²) in [5.41, 5.74) is -0.783. The van der Waals surface area contributed by atoms with Crippen LogP contribution in [0.5, 0.6) is 0 Å². The highest BCUT2D eigenvalue weighted by Crippen LogP contribution is 2.30. The molecule has 1 aromatic rings. The number of benzene rings is 1. The first-order valence-corrected chi connectivity index (χ1v) is 10.1. The Balaban J connectivity index is 2.40. The largest absolute Gasteiger partial charge is 0.340 e. The highest BCUT2D eigenvalue weighted by Gasteiger charge is 2.47. The summed E-state index contributed by atoms with van der Waals surface area (Å²) in [6.07, 6.45) is 1.14. The average molecular weight is 366 g/mol. The van der Waals surface area contributed by atoms with E-state index in [1.165, 1.54) is 16.4 Å². The summed E-state index contributed by atoms with van der Waals surface area (Å²) in [4.78, 5) is 26.4. The molecule has 1 saturated heterocycles. The van der Waals surface area contributed by atoms with Crippen molar-refractivity contribution < 1.29 is 18.0 Å². The Hall–Kier alpha value is -1.73. The zero-order valence-electron chi connectivity index (χ0n) is 15.3. The molecule has 0 unspecified atom stereocenters. The van der Waals surface area contributed by atoms with E-state index in [-0.39, 0.29) is 23.1 Å². The van der Waals surface area contributed by atoms with Crippen LogP contribution in [-0.4, -0.2) is 54.5 Å². The van der Waals surface area contributed by atoms with E-state index in [4.69, 9.17) is 0 Å². The van der Waals surface area contributed by atoms with Gasteiger partial charge < -0.3 is 4.90 Å². The molecule has 0 saturated carbocycles. The number of ketones is 1. The van der Waals surface area contributed by atoms with Gasteiger partial charge in [0, 0.05) is 31.6 Å². The van der Waals surface area contributed by atoms with E-state index in [1.54, 1.807) is 37.8 Å². The Kier molecular flexibility index (Phi) is 5.68. The highest BCUT2D eigenvalue weighted by atomic mass is 32.2. The molecule has 1 heterocycles. The topological polar surface area (TPSA) is 74.8 Å². The van der Waals surface area contributed by atoms with Gasteiger partial charge in [-0.2, -0.15) is 4.31 Å². The number of sulfonamides is 1. The third-order valence-corrected chi connectivity index (χ3v) is 6.63. The number of carbonyl (C=O) groups is 2. The summed E-state index contributed by atoms with van der Waals surface area (Å²) < 4.78 is 27.5. The number of piperazine rings is 1. The summed E-state index contributed by atoms with van der Waals surface area (Å²) in [6.45, 7) is 8.23. The summed E-state index contributed by atoms with van der Waals surface area (Å²) in [5.74, 6) is -0.301. The van der Waals surface area contributed by atoms with Crippen LogP contribution < -0.4 is 0 Å². The van der Waals surface area contributed by atoms with Crippen molar-refractivity contribution in [1.82, 2.24) is 9.21 Å².